The minimum absolute atomic E-state index is 0.0246. The highest BCUT2D eigenvalue weighted by Gasteiger charge is 2.20. The van der Waals surface area contributed by atoms with Crippen LogP contribution >= 0.6 is 23.5 Å². The SMILES string of the molecule is CCCCCCCCC(CCCCCC)CC(=O)N(C)CC(=O)OCCCCCC(CCCCCOC(=O)CCCCCCCCSCSCCCCC)N(C)CCCCO. The van der Waals surface area contributed by atoms with Crippen LogP contribution in [0.3, 0.4) is 0 Å². The number of ether oxygens (including phenoxy) is 2. The summed E-state index contributed by atoms with van der Waals surface area (Å²) in [5.74, 6) is 2.70. The molecule has 0 rings (SSSR count). The Morgan fingerprint density at radius 2 is 0.984 bits per heavy atom. The zero-order valence-corrected chi connectivity index (χ0v) is 42.5. The van der Waals surface area contributed by atoms with E-state index in [-0.39, 0.29) is 31.0 Å². The standard InChI is InChI=1S/C51H100N2O6S2/c1-6-9-12-14-17-23-34-47(33-22-13-10-7-2)44-49(55)53(5)45-51(57)59-41-30-21-25-36-48(52(4)38-27-28-39-54)35-24-20-29-40-58-50(56)37-26-18-15-16-19-32-43-61-46-60-42-31-11-8-3/h47-48,54H,6-46H2,1-5H3. The second-order valence-corrected chi connectivity index (χ2v) is 20.5. The molecular weight excluding hydrogens is 801 g/mol. The monoisotopic (exact) mass is 901 g/mol. The van der Waals surface area contributed by atoms with Crippen molar-refractivity contribution in [3.8, 4) is 0 Å². The number of nitrogens with zero attached hydrogens (tertiary/aromatic N) is 2. The number of carbonyl (C=O) groups is 3. The maximum atomic E-state index is 13.1. The molecule has 0 aromatic heterocycles. The Hall–Kier alpha value is -0.970. The van der Waals surface area contributed by atoms with Gasteiger partial charge in [0, 0.05) is 37.6 Å². The molecule has 0 bridgehead atoms. The third-order valence-electron chi connectivity index (χ3n) is 12.1. The molecule has 0 heterocycles. The largest absolute Gasteiger partial charge is 0.466 e. The molecule has 0 saturated heterocycles. The average molecular weight is 902 g/mol. The summed E-state index contributed by atoms with van der Waals surface area (Å²) in [5.41, 5.74) is 0. The van der Waals surface area contributed by atoms with Gasteiger partial charge in [-0.2, -0.15) is 23.5 Å². The van der Waals surface area contributed by atoms with E-state index in [4.69, 9.17) is 9.47 Å². The molecule has 0 spiro atoms. The van der Waals surface area contributed by atoms with Crippen molar-refractivity contribution in [1.29, 1.82) is 0 Å². The molecule has 0 radical (unpaired) electrons. The molecule has 0 aromatic rings. The first-order valence-electron chi connectivity index (χ1n) is 25.8. The van der Waals surface area contributed by atoms with E-state index < -0.39 is 0 Å². The number of hydrogen-bond donors (Lipinski definition) is 1. The fourth-order valence-corrected chi connectivity index (χ4v) is 10.2. The molecule has 0 aliphatic rings. The van der Waals surface area contributed by atoms with Crippen molar-refractivity contribution in [2.45, 2.75) is 239 Å². The van der Waals surface area contributed by atoms with Gasteiger partial charge >= 0.3 is 11.9 Å². The molecule has 0 aliphatic carbocycles. The van der Waals surface area contributed by atoms with E-state index in [1.807, 2.05) is 0 Å². The Morgan fingerprint density at radius 3 is 1.57 bits per heavy atom. The van der Waals surface area contributed by atoms with E-state index in [0.717, 1.165) is 96.4 Å². The summed E-state index contributed by atoms with van der Waals surface area (Å²) in [6, 6.07) is 0.470. The van der Waals surface area contributed by atoms with Gasteiger partial charge in [-0.3, -0.25) is 14.4 Å². The summed E-state index contributed by atoms with van der Waals surface area (Å²) >= 11 is 4.17. The van der Waals surface area contributed by atoms with Crippen LogP contribution in [0.4, 0.5) is 0 Å². The summed E-state index contributed by atoms with van der Waals surface area (Å²) in [6.07, 6.45) is 37.0. The Bertz CT molecular complexity index is 975. The van der Waals surface area contributed by atoms with Crippen molar-refractivity contribution < 1.29 is 29.0 Å². The smallest absolute Gasteiger partial charge is 0.325 e. The first-order chi connectivity index (χ1) is 29.8. The third kappa shape index (κ3) is 41.5. The second kappa shape index (κ2) is 47.0. The fourth-order valence-electron chi connectivity index (χ4n) is 7.97. The van der Waals surface area contributed by atoms with Crippen LogP contribution in [-0.2, 0) is 23.9 Å². The topological polar surface area (TPSA) is 96.4 Å². The number of hydrogen-bond acceptors (Lipinski definition) is 9. The van der Waals surface area contributed by atoms with Crippen molar-refractivity contribution in [1.82, 2.24) is 9.80 Å². The number of rotatable bonds is 48. The molecule has 2 unspecified atom stereocenters. The van der Waals surface area contributed by atoms with Crippen LogP contribution in [0.25, 0.3) is 0 Å². The number of thioether (sulfide) groups is 2. The molecule has 362 valence electrons. The van der Waals surface area contributed by atoms with Gasteiger partial charge in [-0.25, -0.2) is 0 Å². The Morgan fingerprint density at radius 1 is 0.525 bits per heavy atom. The maximum absolute atomic E-state index is 13.1. The molecule has 0 aliphatic heterocycles. The van der Waals surface area contributed by atoms with E-state index in [9.17, 15) is 19.5 Å². The van der Waals surface area contributed by atoms with Crippen molar-refractivity contribution in [2.75, 3.05) is 63.6 Å². The van der Waals surface area contributed by atoms with Gasteiger partial charge in [0.05, 0.1) is 13.2 Å². The Kier molecular flexibility index (Phi) is 46.3. The maximum Gasteiger partial charge on any atom is 0.325 e. The van der Waals surface area contributed by atoms with Gasteiger partial charge in [-0.05, 0) is 102 Å². The summed E-state index contributed by atoms with van der Waals surface area (Å²) < 4.78 is 11.1. The van der Waals surface area contributed by atoms with Gasteiger partial charge in [0.15, 0.2) is 0 Å². The molecule has 10 heteroatoms. The van der Waals surface area contributed by atoms with E-state index in [0.29, 0.717) is 38.0 Å². The van der Waals surface area contributed by atoms with Crippen molar-refractivity contribution in [3.63, 3.8) is 0 Å². The molecule has 1 amide bonds. The molecule has 2 atom stereocenters. The Balaban J connectivity index is 4.27. The lowest BCUT2D eigenvalue weighted by molar-refractivity contribution is -0.149. The van der Waals surface area contributed by atoms with Gasteiger partial charge in [0.1, 0.15) is 6.54 Å². The number of esters is 2. The molecule has 0 saturated carbocycles. The highest BCUT2D eigenvalue weighted by Crippen LogP contribution is 2.23. The van der Waals surface area contributed by atoms with Crippen LogP contribution in [0, 0.1) is 5.92 Å². The first-order valence-corrected chi connectivity index (χ1v) is 28.1. The lowest BCUT2D eigenvalue weighted by Crippen LogP contribution is -2.34. The van der Waals surface area contributed by atoms with Gasteiger partial charge in [0.2, 0.25) is 5.91 Å². The third-order valence-corrected chi connectivity index (χ3v) is 14.6. The molecule has 0 aromatic carbocycles. The van der Waals surface area contributed by atoms with Crippen LogP contribution in [-0.4, -0.2) is 102 Å². The zero-order valence-electron chi connectivity index (χ0n) is 40.8. The first kappa shape index (κ1) is 60.0. The van der Waals surface area contributed by atoms with Crippen molar-refractivity contribution in [3.05, 3.63) is 0 Å². The molecule has 0 fully saturated rings. The van der Waals surface area contributed by atoms with E-state index in [2.05, 4.69) is 56.2 Å². The lowest BCUT2D eigenvalue weighted by atomic mass is 9.91. The summed E-state index contributed by atoms with van der Waals surface area (Å²) in [6.45, 7) is 8.89. The van der Waals surface area contributed by atoms with Crippen LogP contribution in [0.1, 0.15) is 233 Å². The zero-order chi connectivity index (χ0) is 44.9. The summed E-state index contributed by atoms with van der Waals surface area (Å²) in [4.78, 5) is 42.0. The fraction of sp³-hybridized carbons (Fsp3) is 0.941. The minimum Gasteiger partial charge on any atom is -0.466 e. The van der Waals surface area contributed by atoms with Gasteiger partial charge < -0.3 is 24.4 Å². The minimum atomic E-state index is -0.313. The molecule has 8 nitrogen and oxygen atoms in total. The molecule has 1 N–H and O–H groups in total. The number of aliphatic hydroxyl groups is 1. The molecular formula is C51H100N2O6S2. The lowest BCUT2D eigenvalue weighted by Gasteiger charge is -2.28. The predicted molar refractivity (Wildman–Crippen MR) is 266 cm³/mol. The van der Waals surface area contributed by atoms with Crippen molar-refractivity contribution in [2.24, 2.45) is 5.92 Å². The summed E-state index contributed by atoms with van der Waals surface area (Å²) in [7, 11) is 3.94. The highest BCUT2D eigenvalue weighted by atomic mass is 32.2. The highest BCUT2D eigenvalue weighted by molar-refractivity contribution is 8.15. The number of aliphatic hydroxyl groups excluding tert-OH is 1. The van der Waals surface area contributed by atoms with Crippen LogP contribution < -0.4 is 0 Å². The van der Waals surface area contributed by atoms with E-state index >= 15 is 0 Å². The van der Waals surface area contributed by atoms with Crippen molar-refractivity contribution >= 4 is 41.4 Å². The summed E-state index contributed by atoms with van der Waals surface area (Å²) in [5, 5.41) is 10.5. The number of likely N-dealkylation sites (N-methyl/N-ethyl adjacent to an activating group) is 1. The van der Waals surface area contributed by atoms with Crippen LogP contribution in [0.2, 0.25) is 0 Å². The van der Waals surface area contributed by atoms with E-state index in [1.165, 1.54) is 126 Å². The quantitative estimate of drug-likeness (QED) is 0.0364. The van der Waals surface area contributed by atoms with Gasteiger partial charge in [0.25, 0.3) is 0 Å². The normalized spacial score (nSPS) is 12.5. The van der Waals surface area contributed by atoms with E-state index in [1.54, 1.807) is 11.9 Å². The molecule has 61 heavy (non-hydrogen) atoms. The predicted octanol–water partition coefficient (Wildman–Crippen LogP) is 13.8. The van der Waals surface area contributed by atoms with Crippen LogP contribution in [0.5, 0.6) is 0 Å². The van der Waals surface area contributed by atoms with Crippen LogP contribution in [0.15, 0.2) is 0 Å². The van der Waals surface area contributed by atoms with Gasteiger partial charge in [-0.15, -0.1) is 0 Å². The number of amides is 1. The number of carbonyl (C=O) groups excluding carboxylic acids is 3. The Labute approximate surface area is 386 Å². The average Bonchev–Trinajstić information content (AvgIpc) is 3.25. The van der Waals surface area contributed by atoms with Gasteiger partial charge in [-0.1, -0.05) is 149 Å². The number of unbranched alkanes of at least 4 members (excludes halogenated alkanes) is 20. The second-order valence-electron chi connectivity index (χ2n) is 17.9.